The lowest BCUT2D eigenvalue weighted by atomic mass is 9.95. The van der Waals surface area contributed by atoms with Gasteiger partial charge in [0, 0.05) is 6.42 Å². The largest absolute Gasteiger partial charge is 0.512 e. The highest BCUT2D eigenvalue weighted by Crippen LogP contribution is 2.38. The highest BCUT2D eigenvalue weighted by atomic mass is 31.2. The number of nitrogens with zero attached hydrogens (tertiary/aromatic N) is 1. The summed E-state index contributed by atoms with van der Waals surface area (Å²) in [6.07, 6.45) is 5.23. The fourth-order valence-corrected chi connectivity index (χ4v) is 2.83. The molecule has 1 aliphatic carbocycles. The number of aliphatic hydroxyl groups is 1. The van der Waals surface area contributed by atoms with Gasteiger partial charge >= 0.3 is 7.75 Å². The SMILES string of the molecule is O=P(O)(O)N=C1CC(O)=CC=C1CCCc1cccc(O)c1. The fraction of sp³-hybridized carbons (Fsp3) is 0.267. The van der Waals surface area contributed by atoms with Crippen LogP contribution in [0.25, 0.3) is 0 Å². The summed E-state index contributed by atoms with van der Waals surface area (Å²) in [5.74, 6) is 0.245. The Morgan fingerprint density at radius 3 is 2.59 bits per heavy atom. The molecule has 0 aromatic heterocycles. The number of benzene rings is 1. The lowest BCUT2D eigenvalue weighted by Gasteiger charge is -2.15. The van der Waals surface area contributed by atoms with Gasteiger partial charge in [0.1, 0.15) is 5.75 Å². The molecule has 1 aromatic rings. The maximum atomic E-state index is 11.0. The van der Waals surface area contributed by atoms with Crippen molar-refractivity contribution in [3.63, 3.8) is 0 Å². The maximum Gasteiger partial charge on any atom is 0.448 e. The third kappa shape index (κ3) is 5.15. The molecule has 118 valence electrons. The van der Waals surface area contributed by atoms with E-state index < -0.39 is 7.75 Å². The molecule has 0 fully saturated rings. The zero-order chi connectivity index (χ0) is 16.2. The van der Waals surface area contributed by atoms with Crippen molar-refractivity contribution in [2.75, 3.05) is 0 Å². The van der Waals surface area contributed by atoms with Gasteiger partial charge in [-0.2, -0.15) is 4.76 Å². The van der Waals surface area contributed by atoms with Crippen LogP contribution >= 0.6 is 7.75 Å². The van der Waals surface area contributed by atoms with Crippen molar-refractivity contribution in [2.24, 2.45) is 4.76 Å². The summed E-state index contributed by atoms with van der Waals surface area (Å²) in [7, 11) is -4.52. The van der Waals surface area contributed by atoms with Crippen LogP contribution in [0.4, 0.5) is 0 Å². The second kappa shape index (κ2) is 6.92. The summed E-state index contributed by atoms with van der Waals surface area (Å²) in [6, 6.07) is 6.97. The lowest BCUT2D eigenvalue weighted by molar-refractivity contribution is 0.374. The second-order valence-electron chi connectivity index (χ2n) is 5.11. The van der Waals surface area contributed by atoms with Crippen molar-refractivity contribution < 1.29 is 24.6 Å². The number of phenols is 1. The lowest BCUT2D eigenvalue weighted by Crippen LogP contribution is -2.09. The second-order valence-corrected chi connectivity index (χ2v) is 6.34. The van der Waals surface area contributed by atoms with Crippen LogP contribution in [0.3, 0.4) is 0 Å². The first-order valence-corrected chi connectivity index (χ1v) is 8.41. The van der Waals surface area contributed by atoms with Gasteiger partial charge in [0.2, 0.25) is 0 Å². The summed E-state index contributed by atoms with van der Waals surface area (Å²) in [5.41, 5.74) is 1.92. The molecule has 0 spiro atoms. The topological polar surface area (TPSA) is 110 Å². The van der Waals surface area contributed by atoms with Crippen molar-refractivity contribution >= 4 is 13.5 Å². The van der Waals surface area contributed by atoms with E-state index in [2.05, 4.69) is 4.76 Å². The van der Waals surface area contributed by atoms with Crippen LogP contribution in [0.15, 0.2) is 52.5 Å². The van der Waals surface area contributed by atoms with Crippen molar-refractivity contribution in [1.29, 1.82) is 0 Å². The van der Waals surface area contributed by atoms with Gasteiger partial charge in [0.05, 0.1) is 11.5 Å². The Hall–Kier alpha value is -1.88. The van der Waals surface area contributed by atoms with Crippen LogP contribution in [-0.2, 0) is 11.0 Å². The van der Waals surface area contributed by atoms with Crippen LogP contribution in [0.5, 0.6) is 5.75 Å². The Kier molecular flexibility index (Phi) is 5.19. The number of hydrogen-bond donors (Lipinski definition) is 4. The van der Waals surface area contributed by atoms with E-state index >= 15 is 0 Å². The summed E-state index contributed by atoms with van der Waals surface area (Å²) in [5, 5.41) is 18.9. The van der Waals surface area contributed by atoms with E-state index in [0.717, 1.165) is 18.4 Å². The molecule has 22 heavy (non-hydrogen) atoms. The molecule has 0 saturated heterocycles. The number of phenolic OH excluding ortho intramolecular Hbond substituents is 1. The monoisotopic (exact) mass is 323 g/mol. The van der Waals surface area contributed by atoms with Gasteiger partial charge in [-0.1, -0.05) is 18.2 Å². The molecule has 1 aliphatic rings. The van der Waals surface area contributed by atoms with E-state index in [-0.39, 0.29) is 23.6 Å². The minimum absolute atomic E-state index is 0.0308. The van der Waals surface area contributed by atoms with Crippen LogP contribution in [0.1, 0.15) is 24.8 Å². The maximum absolute atomic E-state index is 11.0. The van der Waals surface area contributed by atoms with Crippen molar-refractivity contribution in [1.82, 2.24) is 0 Å². The normalized spacial score (nSPS) is 17.3. The zero-order valence-corrected chi connectivity index (χ0v) is 12.8. The molecule has 6 nitrogen and oxygen atoms in total. The van der Waals surface area contributed by atoms with E-state index in [4.69, 9.17) is 9.79 Å². The predicted octanol–water partition coefficient (Wildman–Crippen LogP) is 3.02. The highest BCUT2D eigenvalue weighted by Gasteiger charge is 2.19. The summed E-state index contributed by atoms with van der Waals surface area (Å²) >= 11 is 0. The first-order valence-electron chi connectivity index (χ1n) is 6.85. The van der Waals surface area contributed by atoms with Crippen molar-refractivity contribution in [3.8, 4) is 5.75 Å². The fourth-order valence-electron chi connectivity index (χ4n) is 2.32. The molecule has 7 heteroatoms. The number of rotatable bonds is 5. The average Bonchev–Trinajstić information content (AvgIpc) is 2.39. The van der Waals surface area contributed by atoms with Crippen molar-refractivity contribution in [2.45, 2.75) is 25.7 Å². The molecule has 0 unspecified atom stereocenters. The van der Waals surface area contributed by atoms with Crippen LogP contribution in [-0.4, -0.2) is 25.7 Å². The van der Waals surface area contributed by atoms with Crippen LogP contribution in [0.2, 0.25) is 0 Å². The third-order valence-corrected chi connectivity index (χ3v) is 3.77. The van der Waals surface area contributed by atoms with Crippen LogP contribution < -0.4 is 0 Å². The molecule has 0 atom stereocenters. The van der Waals surface area contributed by atoms with Gasteiger partial charge in [-0.05, 0) is 48.6 Å². The quantitative estimate of drug-likeness (QED) is 0.623. The minimum Gasteiger partial charge on any atom is -0.512 e. The molecule has 1 aromatic carbocycles. The Morgan fingerprint density at radius 1 is 1.14 bits per heavy atom. The van der Waals surface area contributed by atoms with Gasteiger partial charge in [0.25, 0.3) is 0 Å². The van der Waals surface area contributed by atoms with Gasteiger partial charge in [0.15, 0.2) is 0 Å². The molecular weight excluding hydrogens is 305 g/mol. The number of aliphatic hydroxyl groups excluding tert-OH is 1. The third-order valence-electron chi connectivity index (χ3n) is 3.27. The predicted molar refractivity (Wildman–Crippen MR) is 83.9 cm³/mol. The molecule has 2 rings (SSSR count). The molecule has 0 amide bonds. The first kappa shape index (κ1) is 16.5. The average molecular weight is 323 g/mol. The molecular formula is C15H18NO5P. The Bertz CT molecular complexity index is 687. The van der Waals surface area contributed by atoms with Gasteiger partial charge < -0.3 is 20.0 Å². The standard InChI is InChI=1S/C15H18NO5P/c17-13-6-2-4-11(9-13)3-1-5-12-7-8-14(18)10-15(12)16-22(19,20)21/h2,4,6-9,17-18H,1,3,5,10H2,(H2,19,20,21). The molecule has 0 radical (unpaired) electrons. The van der Waals surface area contributed by atoms with Gasteiger partial charge in [-0.15, -0.1) is 0 Å². The Balaban J connectivity index is 2.03. The zero-order valence-electron chi connectivity index (χ0n) is 11.9. The van der Waals surface area contributed by atoms with E-state index in [1.165, 1.54) is 6.08 Å². The van der Waals surface area contributed by atoms with E-state index in [0.29, 0.717) is 12.0 Å². The Morgan fingerprint density at radius 2 is 1.91 bits per heavy atom. The molecule has 4 N–H and O–H groups in total. The molecule has 0 aliphatic heterocycles. The first-order chi connectivity index (χ1) is 10.3. The van der Waals surface area contributed by atoms with Crippen molar-refractivity contribution in [3.05, 3.63) is 53.3 Å². The molecule has 0 heterocycles. The van der Waals surface area contributed by atoms with Gasteiger partial charge in [-0.3, -0.25) is 0 Å². The number of hydrogen-bond acceptors (Lipinski definition) is 3. The number of aryl methyl sites for hydroxylation is 1. The number of allylic oxidation sites excluding steroid dienone is 4. The van der Waals surface area contributed by atoms with Crippen LogP contribution in [0, 0.1) is 0 Å². The summed E-state index contributed by atoms with van der Waals surface area (Å²) in [4.78, 5) is 18.0. The number of aromatic hydroxyl groups is 1. The highest BCUT2D eigenvalue weighted by molar-refractivity contribution is 7.50. The minimum atomic E-state index is -4.52. The molecule has 0 saturated carbocycles. The van der Waals surface area contributed by atoms with E-state index in [9.17, 15) is 14.8 Å². The smallest absolute Gasteiger partial charge is 0.448 e. The summed E-state index contributed by atoms with van der Waals surface area (Å²) < 4.78 is 14.4. The van der Waals surface area contributed by atoms with E-state index in [1.807, 2.05) is 6.07 Å². The summed E-state index contributed by atoms with van der Waals surface area (Å²) in [6.45, 7) is 0. The van der Waals surface area contributed by atoms with Gasteiger partial charge in [-0.25, -0.2) is 4.57 Å². The Labute approximate surface area is 128 Å². The van der Waals surface area contributed by atoms with E-state index in [1.54, 1.807) is 24.3 Å². The molecule has 0 bridgehead atoms.